The highest BCUT2D eigenvalue weighted by molar-refractivity contribution is 7.99. The minimum Gasteiger partial charge on any atom is -0.481 e. The first-order valence-electron chi connectivity index (χ1n) is 7.93. The van der Waals surface area contributed by atoms with E-state index in [-0.39, 0.29) is 12.1 Å². The number of carboxylic acids is 1. The molecule has 2 atom stereocenters. The molecule has 1 saturated heterocycles. The molecule has 126 valence electrons. The van der Waals surface area contributed by atoms with Crippen LogP contribution in [0.3, 0.4) is 0 Å². The van der Waals surface area contributed by atoms with Crippen molar-refractivity contribution in [3.05, 3.63) is 29.8 Å². The molecule has 1 heterocycles. The van der Waals surface area contributed by atoms with Crippen molar-refractivity contribution in [3.8, 4) is 0 Å². The van der Waals surface area contributed by atoms with E-state index in [1.54, 1.807) is 16.7 Å². The van der Waals surface area contributed by atoms with Crippen molar-refractivity contribution in [2.75, 3.05) is 18.8 Å². The monoisotopic (exact) mass is 336 g/mol. The van der Waals surface area contributed by atoms with E-state index in [0.717, 1.165) is 12.2 Å². The number of nitrogens with one attached hydrogen (secondary N) is 1. The number of carbonyl (C=O) groups is 2. The number of likely N-dealkylation sites (tertiary alicyclic amines) is 1. The first-order chi connectivity index (χ1) is 11.0. The average Bonchev–Trinajstić information content (AvgIpc) is 2.54. The number of benzene rings is 1. The number of piperidine rings is 1. The molecule has 2 amide bonds. The molecular weight excluding hydrogens is 312 g/mol. The smallest absolute Gasteiger partial charge is 0.317 e. The molecule has 1 aliphatic heterocycles. The highest BCUT2D eigenvalue weighted by Gasteiger charge is 2.28. The molecular formula is C17H24N2O3S. The molecule has 1 fully saturated rings. The van der Waals surface area contributed by atoms with Gasteiger partial charge in [-0.3, -0.25) is 4.79 Å². The zero-order chi connectivity index (χ0) is 16.8. The van der Waals surface area contributed by atoms with E-state index in [0.29, 0.717) is 19.5 Å². The summed E-state index contributed by atoms with van der Waals surface area (Å²) >= 11 is 1.70. The largest absolute Gasteiger partial charge is 0.481 e. The first-order valence-corrected chi connectivity index (χ1v) is 8.92. The molecule has 6 heteroatoms. The third kappa shape index (κ3) is 5.46. The summed E-state index contributed by atoms with van der Waals surface area (Å²) in [6, 6.07) is 8.18. The van der Waals surface area contributed by atoms with Crippen LogP contribution in [-0.2, 0) is 4.79 Å². The summed E-state index contributed by atoms with van der Waals surface area (Å²) in [7, 11) is 0. The molecule has 0 bridgehead atoms. The molecule has 1 aliphatic rings. The second-order valence-electron chi connectivity index (χ2n) is 6.10. The SMILES string of the molecule is Cc1ccc(SCC(C)NC(=O)N2CCCC(C(=O)O)C2)cc1. The number of amides is 2. The van der Waals surface area contributed by atoms with Gasteiger partial charge in [-0.05, 0) is 38.8 Å². The molecule has 2 unspecified atom stereocenters. The molecule has 23 heavy (non-hydrogen) atoms. The zero-order valence-corrected chi connectivity index (χ0v) is 14.4. The first kappa shape index (κ1) is 17.7. The van der Waals surface area contributed by atoms with Gasteiger partial charge in [0.05, 0.1) is 5.92 Å². The summed E-state index contributed by atoms with van der Waals surface area (Å²) in [5.74, 6) is -0.470. The molecule has 0 radical (unpaired) electrons. The molecule has 2 N–H and O–H groups in total. The number of aryl methyl sites for hydroxylation is 1. The molecule has 0 aliphatic carbocycles. The second kappa shape index (κ2) is 8.24. The van der Waals surface area contributed by atoms with Gasteiger partial charge in [0.2, 0.25) is 0 Å². The summed E-state index contributed by atoms with van der Waals surface area (Å²) in [5.41, 5.74) is 1.23. The van der Waals surface area contributed by atoms with Gasteiger partial charge in [-0.2, -0.15) is 0 Å². The maximum Gasteiger partial charge on any atom is 0.317 e. The quantitative estimate of drug-likeness (QED) is 0.811. The number of rotatable bonds is 5. The maximum absolute atomic E-state index is 12.2. The Morgan fingerprint density at radius 3 is 2.74 bits per heavy atom. The van der Waals surface area contributed by atoms with E-state index in [2.05, 4.69) is 36.5 Å². The van der Waals surface area contributed by atoms with Gasteiger partial charge >= 0.3 is 12.0 Å². The lowest BCUT2D eigenvalue weighted by atomic mass is 9.99. The van der Waals surface area contributed by atoms with E-state index >= 15 is 0 Å². The second-order valence-corrected chi connectivity index (χ2v) is 7.19. The van der Waals surface area contributed by atoms with E-state index in [9.17, 15) is 9.59 Å². The predicted molar refractivity (Wildman–Crippen MR) is 91.8 cm³/mol. The molecule has 0 spiro atoms. The van der Waals surface area contributed by atoms with Gasteiger partial charge in [-0.15, -0.1) is 11.8 Å². The Morgan fingerprint density at radius 1 is 1.39 bits per heavy atom. The van der Waals surface area contributed by atoms with Crippen LogP contribution in [0.15, 0.2) is 29.2 Å². The minimum absolute atomic E-state index is 0.0269. The van der Waals surface area contributed by atoms with E-state index in [1.165, 1.54) is 10.5 Å². The maximum atomic E-state index is 12.2. The fraction of sp³-hybridized carbons (Fsp3) is 0.529. The van der Waals surface area contributed by atoms with Gasteiger partial charge in [0.25, 0.3) is 0 Å². The van der Waals surface area contributed by atoms with Crippen molar-refractivity contribution in [3.63, 3.8) is 0 Å². The van der Waals surface area contributed by atoms with Crippen LogP contribution >= 0.6 is 11.8 Å². The van der Waals surface area contributed by atoms with Crippen LogP contribution in [0, 0.1) is 12.8 Å². The molecule has 2 rings (SSSR count). The summed E-state index contributed by atoms with van der Waals surface area (Å²) in [5, 5.41) is 12.1. The molecule has 0 aromatic heterocycles. The van der Waals surface area contributed by atoms with Crippen LogP contribution in [0.4, 0.5) is 4.79 Å². The van der Waals surface area contributed by atoms with E-state index < -0.39 is 11.9 Å². The Bertz CT molecular complexity index is 547. The topological polar surface area (TPSA) is 69.6 Å². The van der Waals surface area contributed by atoms with Crippen LogP contribution in [0.5, 0.6) is 0 Å². The van der Waals surface area contributed by atoms with Crippen molar-refractivity contribution in [1.29, 1.82) is 0 Å². The lowest BCUT2D eigenvalue weighted by Crippen LogP contribution is -2.49. The third-order valence-corrected chi connectivity index (χ3v) is 5.22. The lowest BCUT2D eigenvalue weighted by Gasteiger charge is -2.31. The normalized spacial score (nSPS) is 19.2. The molecule has 0 saturated carbocycles. The summed E-state index contributed by atoms with van der Waals surface area (Å²) < 4.78 is 0. The van der Waals surface area contributed by atoms with Gasteiger partial charge in [0, 0.05) is 29.8 Å². The van der Waals surface area contributed by atoms with E-state index in [4.69, 9.17) is 5.11 Å². The van der Waals surface area contributed by atoms with Crippen LogP contribution in [-0.4, -0.2) is 46.9 Å². The van der Waals surface area contributed by atoms with Crippen molar-refractivity contribution < 1.29 is 14.7 Å². The fourth-order valence-electron chi connectivity index (χ4n) is 2.56. The Hall–Kier alpha value is -1.69. The molecule has 1 aromatic carbocycles. The summed E-state index contributed by atoms with van der Waals surface area (Å²) in [6.07, 6.45) is 1.40. The van der Waals surface area contributed by atoms with Crippen LogP contribution < -0.4 is 5.32 Å². The van der Waals surface area contributed by atoms with Crippen molar-refractivity contribution in [2.45, 2.75) is 37.6 Å². The lowest BCUT2D eigenvalue weighted by molar-refractivity contribution is -0.143. The number of nitrogens with zero attached hydrogens (tertiary/aromatic N) is 1. The number of aliphatic carboxylic acids is 1. The number of hydrogen-bond donors (Lipinski definition) is 2. The Morgan fingerprint density at radius 2 is 2.09 bits per heavy atom. The Kier molecular flexibility index (Phi) is 6.33. The molecule has 1 aromatic rings. The third-order valence-electron chi connectivity index (χ3n) is 3.95. The van der Waals surface area contributed by atoms with Crippen molar-refractivity contribution in [1.82, 2.24) is 10.2 Å². The summed E-state index contributed by atoms with van der Waals surface area (Å²) in [6.45, 7) is 4.96. The van der Waals surface area contributed by atoms with Crippen LogP contribution in [0.1, 0.15) is 25.3 Å². The number of urea groups is 1. The zero-order valence-electron chi connectivity index (χ0n) is 13.6. The Labute approximate surface area is 141 Å². The number of carbonyl (C=O) groups excluding carboxylic acids is 1. The van der Waals surface area contributed by atoms with Crippen LogP contribution in [0.2, 0.25) is 0 Å². The van der Waals surface area contributed by atoms with Gasteiger partial charge in [0.1, 0.15) is 0 Å². The van der Waals surface area contributed by atoms with Crippen molar-refractivity contribution in [2.24, 2.45) is 5.92 Å². The Balaban J connectivity index is 1.77. The standard InChI is InChI=1S/C17H24N2O3S/c1-12-5-7-15(8-6-12)23-11-13(2)18-17(22)19-9-3-4-14(10-19)16(20)21/h5-8,13-14H,3-4,9-11H2,1-2H3,(H,18,22)(H,20,21). The highest BCUT2D eigenvalue weighted by Crippen LogP contribution is 2.20. The highest BCUT2D eigenvalue weighted by atomic mass is 32.2. The van der Waals surface area contributed by atoms with Gasteiger partial charge in [-0.1, -0.05) is 17.7 Å². The van der Waals surface area contributed by atoms with Gasteiger partial charge in [-0.25, -0.2) is 4.79 Å². The summed E-state index contributed by atoms with van der Waals surface area (Å²) in [4.78, 5) is 26.1. The average molecular weight is 336 g/mol. The van der Waals surface area contributed by atoms with Crippen LogP contribution in [0.25, 0.3) is 0 Å². The fourth-order valence-corrected chi connectivity index (χ4v) is 3.42. The van der Waals surface area contributed by atoms with E-state index in [1.807, 2.05) is 6.92 Å². The minimum atomic E-state index is -0.814. The van der Waals surface area contributed by atoms with Gasteiger partial charge < -0.3 is 15.3 Å². The number of thioether (sulfide) groups is 1. The predicted octanol–water partition coefficient (Wildman–Crippen LogP) is 2.98. The number of carboxylic acid groups (broad SMARTS) is 1. The molecule has 5 nitrogen and oxygen atoms in total. The van der Waals surface area contributed by atoms with Gasteiger partial charge in [0.15, 0.2) is 0 Å². The van der Waals surface area contributed by atoms with Crippen molar-refractivity contribution >= 4 is 23.8 Å². The number of hydrogen-bond acceptors (Lipinski definition) is 3.